The molecule has 29 heavy (non-hydrogen) atoms. The standard InChI is InChI=1S/C22H45N5O.HI/c1-6-19(7-2)21(27-13-15-28-16-14-27)17-24-22(23-8-3)25-20-9-11-26(12-10-20)18(4)5;/h18-21H,6-17H2,1-5H3,(H2,23,24,25);1H. The van der Waals surface area contributed by atoms with Crippen molar-refractivity contribution in [2.75, 3.05) is 52.5 Å². The molecule has 1 unspecified atom stereocenters. The zero-order valence-corrected chi connectivity index (χ0v) is 21.8. The van der Waals surface area contributed by atoms with E-state index in [1.54, 1.807) is 0 Å². The minimum Gasteiger partial charge on any atom is -0.379 e. The van der Waals surface area contributed by atoms with Gasteiger partial charge in [-0.05, 0) is 39.5 Å². The first-order chi connectivity index (χ1) is 13.6. The van der Waals surface area contributed by atoms with E-state index >= 15 is 0 Å². The van der Waals surface area contributed by atoms with Crippen LogP contribution in [0.15, 0.2) is 4.99 Å². The van der Waals surface area contributed by atoms with Gasteiger partial charge in [0, 0.05) is 50.8 Å². The van der Waals surface area contributed by atoms with Gasteiger partial charge in [0.1, 0.15) is 0 Å². The number of likely N-dealkylation sites (tertiary alicyclic amines) is 1. The van der Waals surface area contributed by atoms with Crippen LogP contribution in [0, 0.1) is 5.92 Å². The van der Waals surface area contributed by atoms with Gasteiger partial charge in [-0.1, -0.05) is 26.7 Å². The quantitative estimate of drug-likeness (QED) is 0.276. The van der Waals surface area contributed by atoms with Crippen molar-refractivity contribution in [3.05, 3.63) is 0 Å². The van der Waals surface area contributed by atoms with E-state index in [0.29, 0.717) is 24.0 Å². The molecule has 2 aliphatic heterocycles. The van der Waals surface area contributed by atoms with Crippen molar-refractivity contribution in [3.8, 4) is 0 Å². The van der Waals surface area contributed by atoms with Gasteiger partial charge in [0.25, 0.3) is 0 Å². The number of piperidine rings is 1. The molecule has 0 bridgehead atoms. The highest BCUT2D eigenvalue weighted by molar-refractivity contribution is 14.0. The highest BCUT2D eigenvalue weighted by Gasteiger charge is 2.27. The van der Waals surface area contributed by atoms with Gasteiger partial charge in [-0.15, -0.1) is 24.0 Å². The molecule has 6 nitrogen and oxygen atoms in total. The van der Waals surface area contributed by atoms with Crippen LogP contribution < -0.4 is 10.6 Å². The highest BCUT2D eigenvalue weighted by atomic mass is 127. The molecular formula is C22H46IN5O. The van der Waals surface area contributed by atoms with E-state index in [1.807, 2.05) is 0 Å². The molecule has 0 saturated carbocycles. The summed E-state index contributed by atoms with van der Waals surface area (Å²) < 4.78 is 5.58. The van der Waals surface area contributed by atoms with E-state index < -0.39 is 0 Å². The summed E-state index contributed by atoms with van der Waals surface area (Å²) in [7, 11) is 0. The number of aliphatic imine (C=N–C) groups is 1. The monoisotopic (exact) mass is 523 g/mol. The maximum atomic E-state index is 5.58. The molecule has 172 valence electrons. The van der Waals surface area contributed by atoms with Crippen LogP contribution in [-0.4, -0.2) is 86.4 Å². The smallest absolute Gasteiger partial charge is 0.191 e. The molecule has 0 aromatic rings. The summed E-state index contributed by atoms with van der Waals surface area (Å²) >= 11 is 0. The summed E-state index contributed by atoms with van der Waals surface area (Å²) in [4.78, 5) is 10.2. The van der Waals surface area contributed by atoms with Gasteiger partial charge in [0.05, 0.1) is 19.8 Å². The van der Waals surface area contributed by atoms with E-state index in [0.717, 1.165) is 45.4 Å². The average molecular weight is 524 g/mol. The molecule has 0 spiro atoms. The maximum Gasteiger partial charge on any atom is 0.191 e. The van der Waals surface area contributed by atoms with Crippen molar-refractivity contribution >= 4 is 29.9 Å². The molecule has 2 aliphatic rings. The summed E-state index contributed by atoms with van der Waals surface area (Å²) in [5.74, 6) is 1.69. The number of hydrogen-bond donors (Lipinski definition) is 2. The third kappa shape index (κ3) is 8.87. The number of rotatable bonds is 9. The van der Waals surface area contributed by atoms with Crippen LogP contribution in [0.1, 0.15) is 60.3 Å². The minimum atomic E-state index is 0. The van der Waals surface area contributed by atoms with Gasteiger partial charge >= 0.3 is 0 Å². The number of ether oxygens (including phenoxy) is 1. The van der Waals surface area contributed by atoms with E-state index in [-0.39, 0.29) is 24.0 Å². The largest absolute Gasteiger partial charge is 0.379 e. The van der Waals surface area contributed by atoms with Gasteiger partial charge in [-0.25, -0.2) is 0 Å². The average Bonchev–Trinajstić information content (AvgIpc) is 2.72. The van der Waals surface area contributed by atoms with Crippen molar-refractivity contribution in [2.45, 2.75) is 78.4 Å². The summed E-state index contributed by atoms with van der Waals surface area (Å²) in [5.41, 5.74) is 0. The van der Waals surface area contributed by atoms with Crippen molar-refractivity contribution in [1.29, 1.82) is 0 Å². The highest BCUT2D eigenvalue weighted by Crippen LogP contribution is 2.20. The predicted molar refractivity (Wildman–Crippen MR) is 135 cm³/mol. The Kier molecular flexibility index (Phi) is 13.7. The number of morpholine rings is 1. The van der Waals surface area contributed by atoms with Crippen molar-refractivity contribution in [2.24, 2.45) is 10.9 Å². The lowest BCUT2D eigenvalue weighted by Crippen LogP contribution is -2.51. The minimum absolute atomic E-state index is 0. The Morgan fingerprint density at radius 3 is 2.14 bits per heavy atom. The lowest BCUT2D eigenvalue weighted by atomic mass is 9.92. The number of nitrogens with one attached hydrogen (secondary N) is 2. The molecule has 0 amide bonds. The third-order valence-electron chi connectivity index (χ3n) is 6.49. The fourth-order valence-electron chi connectivity index (χ4n) is 4.56. The van der Waals surface area contributed by atoms with E-state index in [4.69, 9.17) is 9.73 Å². The van der Waals surface area contributed by atoms with Gasteiger partial charge in [0.15, 0.2) is 5.96 Å². The van der Waals surface area contributed by atoms with Crippen LogP contribution in [0.25, 0.3) is 0 Å². The molecule has 7 heteroatoms. The molecule has 2 rings (SSSR count). The Bertz CT molecular complexity index is 444. The zero-order valence-electron chi connectivity index (χ0n) is 19.5. The second-order valence-corrected chi connectivity index (χ2v) is 8.56. The first kappa shape index (κ1) is 26.9. The fraction of sp³-hybridized carbons (Fsp3) is 0.955. The normalized spacial score (nSPS) is 21.3. The molecule has 0 aromatic carbocycles. The van der Waals surface area contributed by atoms with E-state index in [9.17, 15) is 0 Å². The molecular weight excluding hydrogens is 477 g/mol. The van der Waals surface area contributed by atoms with Crippen LogP contribution in [0.3, 0.4) is 0 Å². The van der Waals surface area contributed by atoms with Crippen LogP contribution >= 0.6 is 24.0 Å². The molecule has 1 atom stereocenters. The van der Waals surface area contributed by atoms with Crippen LogP contribution in [0.5, 0.6) is 0 Å². The lowest BCUT2D eigenvalue weighted by Gasteiger charge is -2.38. The van der Waals surface area contributed by atoms with Crippen LogP contribution in [-0.2, 0) is 4.74 Å². The third-order valence-corrected chi connectivity index (χ3v) is 6.49. The molecule has 2 saturated heterocycles. The summed E-state index contributed by atoms with van der Waals surface area (Å²) in [5, 5.41) is 7.20. The Morgan fingerprint density at radius 2 is 1.62 bits per heavy atom. The topological polar surface area (TPSA) is 52.1 Å². The first-order valence-corrected chi connectivity index (χ1v) is 11.7. The van der Waals surface area contributed by atoms with Crippen LogP contribution in [0.2, 0.25) is 0 Å². The fourth-order valence-corrected chi connectivity index (χ4v) is 4.56. The Labute approximate surface area is 196 Å². The van der Waals surface area contributed by atoms with Gasteiger partial charge in [-0.2, -0.15) is 0 Å². The second kappa shape index (κ2) is 14.8. The maximum absolute atomic E-state index is 5.58. The van der Waals surface area contributed by atoms with Crippen molar-refractivity contribution in [1.82, 2.24) is 20.4 Å². The number of nitrogens with zero attached hydrogens (tertiary/aromatic N) is 3. The van der Waals surface area contributed by atoms with Crippen LogP contribution in [0.4, 0.5) is 0 Å². The number of guanidine groups is 1. The van der Waals surface area contributed by atoms with Crippen molar-refractivity contribution < 1.29 is 4.74 Å². The van der Waals surface area contributed by atoms with E-state index in [1.165, 1.54) is 38.8 Å². The van der Waals surface area contributed by atoms with Gasteiger partial charge < -0.3 is 20.3 Å². The molecule has 2 N–H and O–H groups in total. The zero-order chi connectivity index (χ0) is 20.4. The number of halogens is 1. The SMILES string of the molecule is CCNC(=NCC(C(CC)CC)N1CCOCC1)NC1CCN(C(C)C)CC1.I. The summed E-state index contributed by atoms with van der Waals surface area (Å²) in [6.07, 6.45) is 4.82. The first-order valence-electron chi connectivity index (χ1n) is 11.7. The summed E-state index contributed by atoms with van der Waals surface area (Å²) in [6, 6.07) is 1.69. The summed E-state index contributed by atoms with van der Waals surface area (Å²) in [6.45, 7) is 19.3. The Morgan fingerprint density at radius 1 is 1.00 bits per heavy atom. The molecule has 0 aromatic heterocycles. The molecule has 2 fully saturated rings. The molecule has 2 heterocycles. The second-order valence-electron chi connectivity index (χ2n) is 8.56. The van der Waals surface area contributed by atoms with E-state index in [2.05, 4.69) is 55.1 Å². The Hall–Kier alpha value is -0.120. The van der Waals surface area contributed by atoms with Gasteiger partial charge in [0.2, 0.25) is 0 Å². The van der Waals surface area contributed by atoms with Crippen molar-refractivity contribution in [3.63, 3.8) is 0 Å². The predicted octanol–water partition coefficient (Wildman–Crippen LogP) is 3.17. The number of hydrogen-bond acceptors (Lipinski definition) is 4. The Balaban J connectivity index is 0.00000420. The molecule has 0 radical (unpaired) electrons. The molecule has 0 aliphatic carbocycles. The lowest BCUT2D eigenvalue weighted by molar-refractivity contribution is 0.00394. The van der Waals surface area contributed by atoms with Gasteiger partial charge in [-0.3, -0.25) is 9.89 Å².